The fourth-order valence-corrected chi connectivity index (χ4v) is 3.97. The molecule has 0 radical (unpaired) electrons. The van der Waals surface area contributed by atoms with Crippen molar-refractivity contribution in [2.75, 3.05) is 26.4 Å². The molecule has 1 amide bonds. The molecule has 2 atom stereocenters. The molecule has 2 fully saturated rings. The Morgan fingerprint density at radius 2 is 2.28 bits per heavy atom. The van der Waals surface area contributed by atoms with E-state index in [-0.39, 0.29) is 30.1 Å². The summed E-state index contributed by atoms with van der Waals surface area (Å²) in [5, 5.41) is 0. The van der Waals surface area contributed by atoms with Crippen LogP contribution in [-0.2, 0) is 14.4 Å². The molecule has 2 saturated heterocycles. The van der Waals surface area contributed by atoms with Crippen molar-refractivity contribution < 1.29 is 32.6 Å². The molecule has 7 nitrogen and oxygen atoms in total. The van der Waals surface area contributed by atoms with Crippen molar-refractivity contribution >= 4 is 11.6 Å². The van der Waals surface area contributed by atoms with Gasteiger partial charge in [-0.05, 0) is 37.1 Å². The first-order chi connectivity index (χ1) is 14.0. The maximum Gasteiger partial charge on any atom is 0.387 e. The Balaban J connectivity index is 1.54. The van der Waals surface area contributed by atoms with Gasteiger partial charge in [-0.2, -0.15) is 8.78 Å². The van der Waals surface area contributed by atoms with Crippen molar-refractivity contribution in [1.29, 1.82) is 0 Å². The van der Waals surface area contributed by atoms with E-state index in [1.54, 1.807) is 17.0 Å². The van der Waals surface area contributed by atoms with Gasteiger partial charge in [-0.1, -0.05) is 0 Å². The van der Waals surface area contributed by atoms with Crippen LogP contribution in [0.2, 0.25) is 0 Å². The highest BCUT2D eigenvalue weighted by molar-refractivity contribution is 5.74. The van der Waals surface area contributed by atoms with E-state index in [0.29, 0.717) is 19.8 Å². The lowest BCUT2D eigenvalue weighted by Crippen LogP contribution is -2.37. The minimum absolute atomic E-state index is 0.0181. The number of hydrogen-bond donors (Lipinski definition) is 1. The quantitative estimate of drug-likeness (QED) is 0.778. The first-order valence-corrected chi connectivity index (χ1v) is 9.70. The third-order valence-electron chi connectivity index (χ3n) is 5.47. The second-order valence-corrected chi connectivity index (χ2v) is 7.49. The summed E-state index contributed by atoms with van der Waals surface area (Å²) in [4.78, 5) is 19.2. The number of rotatable bonds is 6. The normalized spacial score (nSPS) is 26.1. The van der Waals surface area contributed by atoms with Crippen molar-refractivity contribution in [1.82, 2.24) is 10.4 Å². The number of ether oxygens (including phenoxy) is 3. The average Bonchev–Trinajstić information content (AvgIpc) is 3.42. The third-order valence-corrected chi connectivity index (χ3v) is 5.47. The van der Waals surface area contributed by atoms with Crippen LogP contribution in [-0.4, -0.2) is 55.4 Å². The molecule has 1 spiro atoms. The minimum Gasteiger partial charge on any atom is -0.488 e. The van der Waals surface area contributed by atoms with Gasteiger partial charge in [0.2, 0.25) is 5.91 Å². The van der Waals surface area contributed by atoms with E-state index in [0.717, 1.165) is 30.5 Å². The maximum atomic E-state index is 12.8. The van der Waals surface area contributed by atoms with E-state index in [9.17, 15) is 13.6 Å². The highest BCUT2D eigenvalue weighted by Gasteiger charge is 2.39. The fourth-order valence-electron chi connectivity index (χ4n) is 3.97. The van der Waals surface area contributed by atoms with Gasteiger partial charge in [0.1, 0.15) is 12.2 Å². The number of amides is 1. The number of carbonyl (C=O) groups excluding carboxylic acids is 1. The number of hydrogen-bond acceptors (Lipinski definition) is 6. The summed E-state index contributed by atoms with van der Waals surface area (Å²) < 4.78 is 41.5. The van der Waals surface area contributed by atoms with Crippen LogP contribution in [0.5, 0.6) is 11.5 Å². The highest BCUT2D eigenvalue weighted by Crippen LogP contribution is 2.36. The predicted octanol–water partition coefficient (Wildman–Crippen LogP) is 2.71. The Morgan fingerprint density at radius 3 is 3.00 bits per heavy atom. The Hall–Kier alpha value is -2.39. The van der Waals surface area contributed by atoms with Gasteiger partial charge in [-0.15, -0.1) is 0 Å². The number of nitrogens with zero attached hydrogens (tertiary/aromatic N) is 1. The first-order valence-electron chi connectivity index (χ1n) is 9.70. The summed E-state index contributed by atoms with van der Waals surface area (Å²) in [7, 11) is 0. The zero-order chi connectivity index (χ0) is 20.4. The van der Waals surface area contributed by atoms with Gasteiger partial charge in [-0.25, -0.2) is 0 Å². The fraction of sp³-hybridized carbons (Fsp3) is 0.550. The molecule has 3 aliphatic rings. The summed E-state index contributed by atoms with van der Waals surface area (Å²) in [5.74, 6) is 0.134. The predicted molar refractivity (Wildman–Crippen MR) is 99.3 cm³/mol. The molecular weight excluding hydrogens is 386 g/mol. The number of halogens is 2. The smallest absolute Gasteiger partial charge is 0.387 e. The van der Waals surface area contributed by atoms with Crippen LogP contribution in [0.3, 0.4) is 0 Å². The SMILES string of the molecule is CC(=O)N1CCC[C@@H]1COc1cc(C2=CC3(CCOC3)ON2)ccc1OC(F)F. The molecule has 1 aromatic rings. The van der Waals surface area contributed by atoms with Crippen LogP contribution in [0.4, 0.5) is 8.78 Å². The molecular formula is C20H24F2N2O5. The van der Waals surface area contributed by atoms with Gasteiger partial charge < -0.3 is 19.1 Å². The summed E-state index contributed by atoms with van der Waals surface area (Å²) in [6, 6.07) is 4.68. The van der Waals surface area contributed by atoms with Crippen LogP contribution in [0.25, 0.3) is 5.70 Å². The second kappa shape index (κ2) is 8.16. The summed E-state index contributed by atoms with van der Waals surface area (Å²) >= 11 is 0. The molecule has 4 rings (SSSR count). The molecule has 3 heterocycles. The van der Waals surface area contributed by atoms with Crippen molar-refractivity contribution in [3.8, 4) is 11.5 Å². The van der Waals surface area contributed by atoms with Crippen molar-refractivity contribution in [2.45, 2.75) is 44.4 Å². The molecule has 0 aliphatic carbocycles. The Labute approximate surface area is 167 Å². The summed E-state index contributed by atoms with van der Waals surface area (Å²) in [6.07, 6.45) is 4.39. The molecule has 0 saturated carbocycles. The van der Waals surface area contributed by atoms with Gasteiger partial charge in [0.05, 0.1) is 18.3 Å². The van der Waals surface area contributed by atoms with Crippen LogP contribution in [0.1, 0.15) is 31.7 Å². The molecule has 0 bridgehead atoms. The van der Waals surface area contributed by atoms with E-state index in [2.05, 4.69) is 10.2 Å². The van der Waals surface area contributed by atoms with Crippen molar-refractivity contribution in [3.63, 3.8) is 0 Å². The van der Waals surface area contributed by atoms with Gasteiger partial charge in [0, 0.05) is 32.1 Å². The molecule has 3 aliphatic heterocycles. The van der Waals surface area contributed by atoms with E-state index in [1.807, 2.05) is 6.08 Å². The van der Waals surface area contributed by atoms with Crippen molar-refractivity contribution in [3.05, 3.63) is 29.8 Å². The number of benzene rings is 1. The largest absolute Gasteiger partial charge is 0.488 e. The first kappa shape index (κ1) is 19.9. The number of carbonyl (C=O) groups is 1. The van der Waals surface area contributed by atoms with E-state index in [1.165, 1.54) is 13.0 Å². The molecule has 0 aromatic heterocycles. The lowest BCUT2D eigenvalue weighted by atomic mass is 10.0. The molecule has 1 aromatic carbocycles. The molecule has 29 heavy (non-hydrogen) atoms. The number of hydroxylamine groups is 1. The molecule has 1 unspecified atom stereocenters. The van der Waals surface area contributed by atoms with Crippen LogP contribution in [0.15, 0.2) is 24.3 Å². The highest BCUT2D eigenvalue weighted by atomic mass is 19.3. The average molecular weight is 410 g/mol. The lowest BCUT2D eigenvalue weighted by Gasteiger charge is -2.24. The zero-order valence-electron chi connectivity index (χ0n) is 16.2. The van der Waals surface area contributed by atoms with Gasteiger partial charge in [0.15, 0.2) is 11.5 Å². The van der Waals surface area contributed by atoms with Crippen LogP contribution >= 0.6 is 0 Å². The van der Waals surface area contributed by atoms with Gasteiger partial charge in [-0.3, -0.25) is 15.1 Å². The Morgan fingerprint density at radius 1 is 1.41 bits per heavy atom. The zero-order valence-corrected chi connectivity index (χ0v) is 16.2. The minimum atomic E-state index is -2.96. The molecule has 9 heteroatoms. The van der Waals surface area contributed by atoms with Gasteiger partial charge >= 0.3 is 6.61 Å². The standard InChI is InChI=1S/C20H24F2N2O5/c1-13(25)24-7-2-3-15(24)11-27-18-9-14(4-5-17(18)28-19(21)22)16-10-20(29-23-16)6-8-26-12-20/h4-5,9-10,15,19,23H,2-3,6-8,11-12H2,1H3/t15-,20?/m1/s1. The monoisotopic (exact) mass is 410 g/mol. The molecule has 1 N–H and O–H groups in total. The Kier molecular flexibility index (Phi) is 5.60. The lowest BCUT2D eigenvalue weighted by molar-refractivity contribution is -0.130. The number of likely N-dealkylation sites (tertiary alicyclic amines) is 1. The summed E-state index contributed by atoms with van der Waals surface area (Å²) in [5.41, 5.74) is 3.84. The third kappa shape index (κ3) is 4.30. The van der Waals surface area contributed by atoms with Gasteiger partial charge in [0.25, 0.3) is 0 Å². The van der Waals surface area contributed by atoms with E-state index < -0.39 is 12.2 Å². The van der Waals surface area contributed by atoms with Crippen molar-refractivity contribution in [2.24, 2.45) is 0 Å². The second-order valence-electron chi connectivity index (χ2n) is 7.49. The van der Waals surface area contributed by atoms with E-state index >= 15 is 0 Å². The topological polar surface area (TPSA) is 69.3 Å². The number of alkyl halides is 2. The van der Waals surface area contributed by atoms with Crippen LogP contribution < -0.4 is 15.0 Å². The summed E-state index contributed by atoms with van der Waals surface area (Å²) in [6.45, 7) is 0.530. The van der Waals surface area contributed by atoms with E-state index in [4.69, 9.17) is 14.3 Å². The Bertz CT molecular complexity index is 795. The maximum absolute atomic E-state index is 12.8. The molecule has 158 valence electrons. The number of nitrogens with one attached hydrogen (secondary N) is 1. The van der Waals surface area contributed by atoms with Crippen LogP contribution in [0, 0.1) is 0 Å².